The lowest BCUT2D eigenvalue weighted by Crippen LogP contribution is -2.57. The van der Waals surface area contributed by atoms with Crippen LogP contribution in [-0.2, 0) is 4.79 Å². The molecule has 0 saturated heterocycles. The summed E-state index contributed by atoms with van der Waals surface area (Å²) in [6, 6.07) is 0. The van der Waals surface area contributed by atoms with Crippen molar-refractivity contribution in [3.63, 3.8) is 0 Å². The van der Waals surface area contributed by atoms with E-state index in [1.807, 2.05) is 0 Å². The molecule has 0 amide bonds. The molecule has 4 nitrogen and oxygen atoms in total. The molecular weight excluding hydrogens is 424 g/mol. The van der Waals surface area contributed by atoms with Gasteiger partial charge in [-0.3, -0.25) is 4.79 Å². The highest BCUT2D eigenvalue weighted by Crippen LogP contribution is 2.68. The fraction of sp³-hybridized carbons (Fsp3) is 0.967. The van der Waals surface area contributed by atoms with Crippen LogP contribution in [0.2, 0.25) is 0 Å². The standard InChI is InChI=1S/C24H40O3.C5H12.CH4O/c1-15(7-10-21(26)27)17-8-9-18-22-19(11-13-24(17,18)3)23(2)12-5-4-6-16(23)14-20(22)25;1-3-5-4-2;1-2/h15-20,22,25H,4-14H2,1-3H3,(H,26,27);3-5H2,1-2H3;2H,1H3. The molecule has 200 valence electrons. The van der Waals surface area contributed by atoms with Crippen LogP contribution in [0.1, 0.15) is 125 Å². The van der Waals surface area contributed by atoms with E-state index in [2.05, 4.69) is 34.6 Å². The van der Waals surface area contributed by atoms with Gasteiger partial charge in [0.2, 0.25) is 0 Å². The van der Waals surface area contributed by atoms with E-state index in [9.17, 15) is 9.90 Å². The Labute approximate surface area is 210 Å². The Bertz CT molecular complexity index is 619. The Hall–Kier alpha value is -0.610. The number of aliphatic hydroxyl groups excluding tert-OH is 2. The molecule has 0 bridgehead atoms. The van der Waals surface area contributed by atoms with E-state index in [0.717, 1.165) is 25.9 Å². The maximum atomic E-state index is 11.2. The number of unbranched alkanes of at least 4 members (excludes halogenated alkanes) is 2. The van der Waals surface area contributed by atoms with E-state index >= 15 is 0 Å². The zero-order valence-corrected chi connectivity index (χ0v) is 23.2. The number of carboxylic acids is 1. The highest BCUT2D eigenvalue weighted by molar-refractivity contribution is 5.66. The van der Waals surface area contributed by atoms with Gasteiger partial charge in [0.15, 0.2) is 0 Å². The number of aliphatic carboxylic acids is 1. The lowest BCUT2D eigenvalue weighted by atomic mass is 9.44. The smallest absolute Gasteiger partial charge is 0.303 e. The molecule has 4 heteroatoms. The maximum Gasteiger partial charge on any atom is 0.303 e. The average Bonchev–Trinajstić information content (AvgIpc) is 3.17. The summed E-state index contributed by atoms with van der Waals surface area (Å²) in [6.45, 7) is 11.8. The lowest BCUT2D eigenvalue weighted by Gasteiger charge is -2.62. The predicted octanol–water partition coefficient (Wildman–Crippen LogP) is 7.31. The summed E-state index contributed by atoms with van der Waals surface area (Å²) in [6.07, 6.45) is 16.6. The number of hydrogen-bond acceptors (Lipinski definition) is 3. The SMILES string of the molecule is CC(CCC(=O)O)C1CCC2C3C(O)CC4CCCCC4(C)C3CCC12C.CCCCC.CO. The first kappa shape index (κ1) is 29.6. The molecule has 0 aliphatic heterocycles. The normalized spacial score (nSPS) is 41.4. The van der Waals surface area contributed by atoms with E-state index in [0.29, 0.717) is 46.8 Å². The van der Waals surface area contributed by atoms with Gasteiger partial charge in [-0.05, 0) is 97.7 Å². The quantitative estimate of drug-likeness (QED) is 0.372. The van der Waals surface area contributed by atoms with Crippen molar-refractivity contribution >= 4 is 5.97 Å². The van der Waals surface area contributed by atoms with Crippen molar-refractivity contribution in [2.24, 2.45) is 46.3 Å². The Morgan fingerprint density at radius 2 is 1.59 bits per heavy atom. The van der Waals surface area contributed by atoms with E-state index in [1.165, 1.54) is 70.6 Å². The average molecular weight is 481 g/mol. The van der Waals surface area contributed by atoms with Crippen LogP contribution < -0.4 is 0 Å². The summed E-state index contributed by atoms with van der Waals surface area (Å²) in [5, 5.41) is 27.3. The van der Waals surface area contributed by atoms with Crippen molar-refractivity contribution in [1.82, 2.24) is 0 Å². The predicted molar refractivity (Wildman–Crippen MR) is 141 cm³/mol. The molecule has 4 aliphatic rings. The van der Waals surface area contributed by atoms with Gasteiger partial charge < -0.3 is 15.3 Å². The van der Waals surface area contributed by atoms with Crippen LogP contribution in [0, 0.1) is 46.3 Å². The Balaban J connectivity index is 0.000000520. The highest BCUT2D eigenvalue weighted by Gasteiger charge is 2.62. The van der Waals surface area contributed by atoms with Crippen LogP contribution in [0.15, 0.2) is 0 Å². The van der Waals surface area contributed by atoms with Crippen LogP contribution in [0.4, 0.5) is 0 Å². The maximum absolute atomic E-state index is 11.2. The minimum absolute atomic E-state index is 0.108. The monoisotopic (exact) mass is 480 g/mol. The minimum Gasteiger partial charge on any atom is -0.481 e. The van der Waals surface area contributed by atoms with Crippen molar-refractivity contribution in [1.29, 1.82) is 0 Å². The molecule has 0 aromatic carbocycles. The third kappa shape index (κ3) is 6.02. The van der Waals surface area contributed by atoms with Crippen molar-refractivity contribution in [3.8, 4) is 0 Å². The van der Waals surface area contributed by atoms with Crippen molar-refractivity contribution in [2.45, 2.75) is 131 Å². The van der Waals surface area contributed by atoms with Gasteiger partial charge in [-0.25, -0.2) is 0 Å². The van der Waals surface area contributed by atoms with E-state index in [4.69, 9.17) is 10.2 Å². The van der Waals surface area contributed by atoms with Gasteiger partial charge in [0, 0.05) is 13.5 Å². The number of aliphatic hydroxyl groups is 2. The third-order valence-electron chi connectivity index (χ3n) is 10.9. The Morgan fingerprint density at radius 1 is 0.941 bits per heavy atom. The Morgan fingerprint density at radius 3 is 2.18 bits per heavy atom. The fourth-order valence-electron chi connectivity index (χ4n) is 9.14. The fourth-order valence-corrected chi connectivity index (χ4v) is 9.14. The molecule has 3 N–H and O–H groups in total. The topological polar surface area (TPSA) is 77.8 Å². The zero-order valence-electron chi connectivity index (χ0n) is 23.2. The van der Waals surface area contributed by atoms with Crippen LogP contribution in [0.25, 0.3) is 0 Å². The van der Waals surface area contributed by atoms with Gasteiger partial charge in [-0.2, -0.15) is 0 Å². The van der Waals surface area contributed by atoms with Gasteiger partial charge in [0.1, 0.15) is 0 Å². The Kier molecular flexibility index (Phi) is 11.4. The third-order valence-corrected chi connectivity index (χ3v) is 10.9. The summed E-state index contributed by atoms with van der Waals surface area (Å²) in [7, 11) is 1.00. The molecule has 9 atom stereocenters. The summed E-state index contributed by atoms with van der Waals surface area (Å²) < 4.78 is 0. The van der Waals surface area contributed by atoms with Gasteiger partial charge in [0.25, 0.3) is 0 Å². The van der Waals surface area contributed by atoms with Gasteiger partial charge in [-0.1, -0.05) is 66.7 Å². The zero-order chi connectivity index (χ0) is 25.5. The molecule has 4 fully saturated rings. The van der Waals surface area contributed by atoms with Crippen LogP contribution in [0.5, 0.6) is 0 Å². The number of carboxylic acid groups (broad SMARTS) is 1. The molecule has 4 rings (SSSR count). The van der Waals surface area contributed by atoms with E-state index in [-0.39, 0.29) is 6.10 Å². The van der Waals surface area contributed by atoms with Crippen molar-refractivity contribution in [2.75, 3.05) is 7.11 Å². The second-order valence-electron chi connectivity index (χ2n) is 12.5. The van der Waals surface area contributed by atoms with E-state index in [1.54, 1.807) is 0 Å². The molecule has 0 heterocycles. The highest BCUT2D eigenvalue weighted by atomic mass is 16.4. The summed E-state index contributed by atoms with van der Waals surface area (Å²) in [5.74, 6) is 3.02. The number of fused-ring (bicyclic) bond motifs is 5. The number of hydrogen-bond donors (Lipinski definition) is 3. The molecule has 34 heavy (non-hydrogen) atoms. The minimum atomic E-state index is -0.663. The largest absolute Gasteiger partial charge is 0.481 e. The van der Waals surface area contributed by atoms with Gasteiger partial charge in [0.05, 0.1) is 6.10 Å². The van der Waals surface area contributed by atoms with Crippen molar-refractivity contribution < 1.29 is 20.1 Å². The molecule has 0 aromatic heterocycles. The van der Waals surface area contributed by atoms with E-state index < -0.39 is 5.97 Å². The first-order valence-electron chi connectivity index (χ1n) is 14.5. The second-order valence-corrected chi connectivity index (χ2v) is 12.5. The molecule has 4 aliphatic carbocycles. The van der Waals surface area contributed by atoms with Crippen LogP contribution >= 0.6 is 0 Å². The first-order chi connectivity index (χ1) is 16.2. The number of rotatable bonds is 6. The molecule has 0 spiro atoms. The summed E-state index contributed by atoms with van der Waals surface area (Å²) in [5.41, 5.74) is 0.758. The first-order valence-corrected chi connectivity index (χ1v) is 14.5. The number of carbonyl (C=O) groups is 1. The molecule has 0 radical (unpaired) electrons. The van der Waals surface area contributed by atoms with Crippen LogP contribution in [0.3, 0.4) is 0 Å². The lowest BCUT2D eigenvalue weighted by molar-refractivity contribution is -0.164. The van der Waals surface area contributed by atoms with Gasteiger partial charge in [-0.15, -0.1) is 0 Å². The van der Waals surface area contributed by atoms with Crippen LogP contribution in [-0.4, -0.2) is 34.5 Å². The molecule has 0 aromatic rings. The molecule has 9 unspecified atom stereocenters. The molecule has 4 saturated carbocycles. The molecular formula is C30H56O4. The van der Waals surface area contributed by atoms with Crippen molar-refractivity contribution in [3.05, 3.63) is 0 Å². The second kappa shape index (κ2) is 13.1. The summed E-state index contributed by atoms with van der Waals surface area (Å²) >= 11 is 0. The van der Waals surface area contributed by atoms with Gasteiger partial charge >= 0.3 is 5.97 Å². The summed E-state index contributed by atoms with van der Waals surface area (Å²) in [4.78, 5) is 11.0.